The van der Waals surface area contributed by atoms with E-state index in [1.807, 2.05) is 32.0 Å². The van der Waals surface area contributed by atoms with Crippen LogP contribution in [-0.4, -0.2) is 17.4 Å². The topological polar surface area (TPSA) is 68.0 Å². The lowest BCUT2D eigenvalue weighted by Gasteiger charge is -2.16. The Morgan fingerprint density at radius 1 is 1.53 bits per heavy atom. The standard InChI is InChI=1S/C13H21N3O/c1-3-11(9-14)8-13(17)16-10(2)12-6-4-5-7-15-12/h4-7,10-11H,3,8-9,14H2,1-2H3,(H,16,17). The van der Waals surface area contributed by atoms with Gasteiger partial charge in [0.2, 0.25) is 5.91 Å². The molecule has 4 heteroatoms. The maximum Gasteiger partial charge on any atom is 0.220 e. The van der Waals surface area contributed by atoms with E-state index < -0.39 is 0 Å². The molecule has 0 aliphatic rings. The number of carbonyl (C=O) groups excluding carboxylic acids is 1. The fourth-order valence-electron chi connectivity index (χ4n) is 1.66. The van der Waals surface area contributed by atoms with Crippen molar-refractivity contribution in [2.24, 2.45) is 11.7 Å². The molecule has 2 unspecified atom stereocenters. The largest absolute Gasteiger partial charge is 0.348 e. The van der Waals surface area contributed by atoms with Crippen molar-refractivity contribution in [3.8, 4) is 0 Å². The first-order chi connectivity index (χ1) is 8.17. The molecule has 3 N–H and O–H groups in total. The van der Waals surface area contributed by atoms with Gasteiger partial charge in [-0.05, 0) is 31.5 Å². The first kappa shape index (κ1) is 13.6. The van der Waals surface area contributed by atoms with Gasteiger partial charge >= 0.3 is 0 Å². The second kappa shape index (κ2) is 7.01. The van der Waals surface area contributed by atoms with Crippen molar-refractivity contribution in [3.63, 3.8) is 0 Å². The minimum absolute atomic E-state index is 0.0421. The minimum Gasteiger partial charge on any atom is -0.348 e. The number of aromatic nitrogens is 1. The molecule has 4 nitrogen and oxygen atoms in total. The van der Waals surface area contributed by atoms with E-state index in [-0.39, 0.29) is 17.9 Å². The number of hydrogen-bond acceptors (Lipinski definition) is 3. The molecule has 1 rings (SSSR count). The molecular formula is C13H21N3O. The summed E-state index contributed by atoms with van der Waals surface area (Å²) < 4.78 is 0. The molecule has 0 aliphatic heterocycles. The third-order valence-electron chi connectivity index (χ3n) is 2.89. The van der Waals surface area contributed by atoms with Crippen LogP contribution in [0.25, 0.3) is 0 Å². The Bertz CT molecular complexity index is 336. The van der Waals surface area contributed by atoms with Crippen molar-refractivity contribution in [2.75, 3.05) is 6.54 Å². The highest BCUT2D eigenvalue weighted by Crippen LogP contribution is 2.10. The fourth-order valence-corrected chi connectivity index (χ4v) is 1.66. The number of amides is 1. The summed E-state index contributed by atoms with van der Waals surface area (Å²) in [7, 11) is 0. The van der Waals surface area contributed by atoms with Crippen LogP contribution in [0, 0.1) is 5.92 Å². The summed E-state index contributed by atoms with van der Waals surface area (Å²) in [6, 6.07) is 5.63. The summed E-state index contributed by atoms with van der Waals surface area (Å²) in [4.78, 5) is 16.0. The number of pyridine rings is 1. The van der Waals surface area contributed by atoms with Crippen LogP contribution >= 0.6 is 0 Å². The lowest BCUT2D eigenvalue weighted by Crippen LogP contribution is -2.30. The normalized spacial score (nSPS) is 14.1. The summed E-state index contributed by atoms with van der Waals surface area (Å²) in [6.45, 7) is 4.54. The van der Waals surface area contributed by atoms with Crippen LogP contribution in [0.4, 0.5) is 0 Å². The summed E-state index contributed by atoms with van der Waals surface area (Å²) in [5.74, 6) is 0.311. The molecule has 1 heterocycles. The van der Waals surface area contributed by atoms with Crippen LogP contribution in [0.1, 0.15) is 38.4 Å². The van der Waals surface area contributed by atoms with E-state index in [9.17, 15) is 4.79 Å². The van der Waals surface area contributed by atoms with Crippen molar-refractivity contribution in [3.05, 3.63) is 30.1 Å². The average molecular weight is 235 g/mol. The average Bonchev–Trinajstić information content (AvgIpc) is 2.37. The lowest BCUT2D eigenvalue weighted by atomic mass is 10.0. The zero-order valence-corrected chi connectivity index (χ0v) is 10.5. The highest BCUT2D eigenvalue weighted by molar-refractivity contribution is 5.76. The van der Waals surface area contributed by atoms with Crippen LogP contribution < -0.4 is 11.1 Å². The smallest absolute Gasteiger partial charge is 0.220 e. The molecule has 1 aromatic heterocycles. The van der Waals surface area contributed by atoms with Gasteiger partial charge in [-0.25, -0.2) is 0 Å². The number of nitrogens with two attached hydrogens (primary N) is 1. The van der Waals surface area contributed by atoms with Gasteiger partial charge in [0, 0.05) is 12.6 Å². The van der Waals surface area contributed by atoms with E-state index in [1.54, 1.807) is 6.20 Å². The molecule has 94 valence electrons. The van der Waals surface area contributed by atoms with Crippen molar-refractivity contribution in [1.82, 2.24) is 10.3 Å². The van der Waals surface area contributed by atoms with E-state index in [4.69, 9.17) is 5.73 Å². The molecule has 0 saturated carbocycles. The highest BCUT2D eigenvalue weighted by Gasteiger charge is 2.14. The number of carbonyl (C=O) groups is 1. The Morgan fingerprint density at radius 2 is 2.29 bits per heavy atom. The third kappa shape index (κ3) is 4.53. The first-order valence-electron chi connectivity index (χ1n) is 6.07. The monoisotopic (exact) mass is 235 g/mol. The maximum atomic E-state index is 11.8. The van der Waals surface area contributed by atoms with Gasteiger partial charge < -0.3 is 11.1 Å². The van der Waals surface area contributed by atoms with Crippen LogP contribution in [0.3, 0.4) is 0 Å². The number of hydrogen-bond donors (Lipinski definition) is 2. The van der Waals surface area contributed by atoms with Crippen molar-refractivity contribution in [1.29, 1.82) is 0 Å². The molecule has 0 aliphatic carbocycles. The number of nitrogens with one attached hydrogen (secondary N) is 1. The molecule has 0 radical (unpaired) electrons. The summed E-state index contributed by atoms with van der Waals surface area (Å²) in [5.41, 5.74) is 6.46. The molecule has 17 heavy (non-hydrogen) atoms. The molecule has 0 bridgehead atoms. The second-order valence-corrected chi connectivity index (χ2v) is 4.26. The van der Waals surface area contributed by atoms with Crippen molar-refractivity contribution >= 4 is 5.91 Å². The van der Waals surface area contributed by atoms with Gasteiger partial charge in [-0.15, -0.1) is 0 Å². The van der Waals surface area contributed by atoms with Crippen LogP contribution in [0.5, 0.6) is 0 Å². The van der Waals surface area contributed by atoms with Gasteiger partial charge in [-0.2, -0.15) is 0 Å². The Hall–Kier alpha value is -1.42. The minimum atomic E-state index is -0.0565. The quantitative estimate of drug-likeness (QED) is 0.787. The third-order valence-corrected chi connectivity index (χ3v) is 2.89. The Morgan fingerprint density at radius 3 is 2.82 bits per heavy atom. The summed E-state index contributed by atoms with van der Waals surface area (Å²) in [5, 5.41) is 2.94. The van der Waals surface area contributed by atoms with E-state index in [1.165, 1.54) is 0 Å². The molecule has 1 amide bonds. The van der Waals surface area contributed by atoms with Gasteiger partial charge in [0.1, 0.15) is 0 Å². The van der Waals surface area contributed by atoms with E-state index in [0.29, 0.717) is 13.0 Å². The lowest BCUT2D eigenvalue weighted by molar-refractivity contribution is -0.122. The Balaban J connectivity index is 2.46. The predicted octanol–water partition coefficient (Wildman–Crippen LogP) is 1.63. The molecular weight excluding hydrogens is 214 g/mol. The zero-order valence-electron chi connectivity index (χ0n) is 10.5. The first-order valence-corrected chi connectivity index (χ1v) is 6.07. The van der Waals surface area contributed by atoms with Crippen LogP contribution in [0.15, 0.2) is 24.4 Å². The second-order valence-electron chi connectivity index (χ2n) is 4.26. The SMILES string of the molecule is CCC(CN)CC(=O)NC(C)c1ccccn1. The summed E-state index contributed by atoms with van der Waals surface area (Å²) >= 11 is 0. The van der Waals surface area contributed by atoms with E-state index in [2.05, 4.69) is 10.3 Å². The van der Waals surface area contributed by atoms with Crippen LogP contribution in [0.2, 0.25) is 0 Å². The van der Waals surface area contributed by atoms with E-state index in [0.717, 1.165) is 12.1 Å². The molecule has 1 aromatic rings. The zero-order chi connectivity index (χ0) is 12.7. The van der Waals surface area contributed by atoms with Gasteiger partial charge in [0.05, 0.1) is 11.7 Å². The number of rotatable bonds is 6. The maximum absolute atomic E-state index is 11.8. The Labute approximate surface area is 103 Å². The molecule has 0 saturated heterocycles. The number of nitrogens with zero attached hydrogens (tertiary/aromatic N) is 1. The van der Waals surface area contributed by atoms with E-state index >= 15 is 0 Å². The molecule has 0 spiro atoms. The molecule has 2 atom stereocenters. The highest BCUT2D eigenvalue weighted by atomic mass is 16.1. The van der Waals surface area contributed by atoms with Gasteiger partial charge in [0.15, 0.2) is 0 Å². The van der Waals surface area contributed by atoms with Crippen LogP contribution in [-0.2, 0) is 4.79 Å². The van der Waals surface area contributed by atoms with Gasteiger partial charge in [-0.1, -0.05) is 19.4 Å². The van der Waals surface area contributed by atoms with Gasteiger partial charge in [-0.3, -0.25) is 9.78 Å². The van der Waals surface area contributed by atoms with Crippen molar-refractivity contribution in [2.45, 2.75) is 32.7 Å². The van der Waals surface area contributed by atoms with Crippen molar-refractivity contribution < 1.29 is 4.79 Å². The molecule has 0 aromatic carbocycles. The summed E-state index contributed by atoms with van der Waals surface area (Å²) in [6.07, 6.45) is 3.15. The fraction of sp³-hybridized carbons (Fsp3) is 0.538. The molecule has 0 fully saturated rings. The Kier molecular flexibility index (Phi) is 5.63. The van der Waals surface area contributed by atoms with Gasteiger partial charge in [0.25, 0.3) is 0 Å². The predicted molar refractivity (Wildman–Crippen MR) is 68.2 cm³/mol.